The van der Waals surface area contributed by atoms with Crippen LogP contribution in [0.5, 0.6) is 0 Å². The van der Waals surface area contributed by atoms with E-state index in [1.807, 2.05) is 6.92 Å². The van der Waals surface area contributed by atoms with Gasteiger partial charge in [-0.1, -0.05) is 0 Å². The maximum absolute atomic E-state index is 10.7. The highest BCUT2D eigenvalue weighted by Gasteiger charge is 2.20. The molecule has 0 saturated carbocycles. The lowest BCUT2D eigenvalue weighted by Gasteiger charge is -2.17. The Labute approximate surface area is 109 Å². The van der Waals surface area contributed by atoms with Crippen molar-refractivity contribution in [2.45, 2.75) is 32.6 Å². The topological polar surface area (TPSA) is 86.7 Å². The van der Waals surface area contributed by atoms with E-state index in [0.29, 0.717) is 11.6 Å². The molecule has 2 aromatic heterocycles. The Hall–Kier alpha value is -2.31. The van der Waals surface area contributed by atoms with Crippen molar-refractivity contribution in [2.24, 2.45) is 0 Å². The van der Waals surface area contributed by atoms with E-state index in [9.17, 15) is 10.1 Å². The minimum absolute atomic E-state index is 0.0270. The van der Waals surface area contributed by atoms with Crippen molar-refractivity contribution < 1.29 is 4.92 Å². The van der Waals surface area contributed by atoms with Gasteiger partial charge in [0.1, 0.15) is 18.2 Å². The van der Waals surface area contributed by atoms with Gasteiger partial charge in [0.05, 0.1) is 4.92 Å². The number of hydrogen-bond acceptors (Lipinski definition) is 5. The molecule has 0 aliphatic heterocycles. The number of nitrogens with zero attached hydrogens (tertiary/aromatic N) is 5. The second-order valence-corrected chi connectivity index (χ2v) is 4.63. The zero-order chi connectivity index (χ0) is 13.4. The summed E-state index contributed by atoms with van der Waals surface area (Å²) in [6.07, 6.45) is 6.70. The summed E-state index contributed by atoms with van der Waals surface area (Å²) in [6.45, 7) is 1.83. The summed E-state index contributed by atoms with van der Waals surface area (Å²) in [4.78, 5) is 19.1. The van der Waals surface area contributed by atoms with E-state index >= 15 is 0 Å². The van der Waals surface area contributed by atoms with Crippen LogP contribution in [0.2, 0.25) is 0 Å². The van der Waals surface area contributed by atoms with E-state index in [1.54, 1.807) is 0 Å². The molecule has 0 saturated heterocycles. The van der Waals surface area contributed by atoms with Gasteiger partial charge in [0.15, 0.2) is 5.82 Å². The average Bonchev–Trinajstić information content (AvgIpc) is 2.87. The summed E-state index contributed by atoms with van der Waals surface area (Å²) >= 11 is 0. The third-order valence-corrected chi connectivity index (χ3v) is 3.27. The largest absolute Gasteiger partial charge is 0.307 e. The highest BCUT2D eigenvalue weighted by Crippen LogP contribution is 2.25. The van der Waals surface area contributed by atoms with Gasteiger partial charge in [-0.25, -0.2) is 14.6 Å². The third kappa shape index (κ3) is 2.07. The number of hydrogen-bond donors (Lipinski definition) is 0. The smallest absolute Gasteiger partial charge is 0.258 e. The number of aromatic nitrogens is 4. The minimum Gasteiger partial charge on any atom is -0.258 e. The molecule has 0 fully saturated rings. The van der Waals surface area contributed by atoms with E-state index in [0.717, 1.165) is 36.9 Å². The van der Waals surface area contributed by atoms with Crippen LogP contribution >= 0.6 is 0 Å². The Morgan fingerprint density at radius 3 is 2.84 bits per heavy atom. The molecule has 0 atom stereocenters. The maximum atomic E-state index is 10.7. The molecule has 0 bridgehead atoms. The second-order valence-electron chi connectivity index (χ2n) is 4.63. The van der Waals surface area contributed by atoms with Gasteiger partial charge in [-0.2, -0.15) is 5.10 Å². The predicted molar refractivity (Wildman–Crippen MR) is 67.2 cm³/mol. The average molecular weight is 259 g/mol. The van der Waals surface area contributed by atoms with Crippen molar-refractivity contribution >= 4 is 5.69 Å². The molecule has 2 aromatic rings. The summed E-state index contributed by atoms with van der Waals surface area (Å²) in [6, 6.07) is 0. The molecule has 0 spiro atoms. The number of nitro groups is 1. The van der Waals surface area contributed by atoms with Crippen molar-refractivity contribution in [1.82, 2.24) is 19.7 Å². The van der Waals surface area contributed by atoms with E-state index < -0.39 is 4.92 Å². The molecule has 0 radical (unpaired) electrons. The zero-order valence-corrected chi connectivity index (χ0v) is 10.5. The molecule has 0 unspecified atom stereocenters. The molecule has 1 aliphatic rings. The summed E-state index contributed by atoms with van der Waals surface area (Å²) in [5.74, 6) is 1.35. The van der Waals surface area contributed by atoms with Crippen LogP contribution in [-0.2, 0) is 12.8 Å². The Balaban J connectivity index is 2.12. The monoisotopic (exact) mass is 259 g/mol. The first-order valence-corrected chi connectivity index (χ1v) is 6.21. The first kappa shape index (κ1) is 11.8. The lowest BCUT2D eigenvalue weighted by molar-refractivity contribution is -0.384. The van der Waals surface area contributed by atoms with E-state index in [2.05, 4.69) is 15.1 Å². The van der Waals surface area contributed by atoms with Crippen LogP contribution < -0.4 is 0 Å². The highest BCUT2D eigenvalue weighted by molar-refractivity contribution is 5.40. The Morgan fingerprint density at radius 1 is 1.32 bits per heavy atom. The minimum atomic E-state index is -0.454. The molecule has 3 rings (SSSR count). The first-order chi connectivity index (χ1) is 9.15. The van der Waals surface area contributed by atoms with E-state index in [1.165, 1.54) is 17.1 Å². The lowest BCUT2D eigenvalue weighted by atomic mass is 9.96. The van der Waals surface area contributed by atoms with E-state index in [4.69, 9.17) is 0 Å². The molecule has 2 heterocycles. The van der Waals surface area contributed by atoms with Gasteiger partial charge in [0, 0.05) is 11.3 Å². The standard InChI is InChI=1S/C12H13N5O2/c1-8-14-11-5-3-2-4-10(11)12(15-8)16-7-9(6-13-16)17(18)19/h6-7H,2-5H2,1H3. The molecule has 0 N–H and O–H groups in total. The fraction of sp³-hybridized carbons (Fsp3) is 0.417. The van der Waals surface area contributed by atoms with Crippen molar-refractivity contribution in [1.29, 1.82) is 0 Å². The summed E-state index contributed by atoms with van der Waals surface area (Å²) in [5, 5.41) is 14.8. The molecular weight excluding hydrogens is 246 g/mol. The van der Waals surface area contributed by atoms with Crippen LogP contribution in [0.15, 0.2) is 12.4 Å². The van der Waals surface area contributed by atoms with Crippen LogP contribution in [0, 0.1) is 17.0 Å². The molecular formula is C12H13N5O2. The summed E-state index contributed by atoms with van der Waals surface area (Å²) < 4.78 is 1.48. The maximum Gasteiger partial charge on any atom is 0.307 e. The molecule has 19 heavy (non-hydrogen) atoms. The van der Waals surface area contributed by atoms with Gasteiger partial charge in [0.25, 0.3) is 0 Å². The molecule has 0 amide bonds. The molecule has 1 aliphatic carbocycles. The summed E-state index contributed by atoms with van der Waals surface area (Å²) in [5.41, 5.74) is 2.09. The Morgan fingerprint density at radius 2 is 2.11 bits per heavy atom. The Kier molecular flexibility index (Phi) is 2.73. The third-order valence-electron chi connectivity index (χ3n) is 3.27. The van der Waals surface area contributed by atoms with Gasteiger partial charge < -0.3 is 0 Å². The normalized spacial score (nSPS) is 14.2. The first-order valence-electron chi connectivity index (χ1n) is 6.21. The SMILES string of the molecule is Cc1nc2c(c(-n3cc([N+](=O)[O-])cn3)n1)CCCC2. The van der Waals surface area contributed by atoms with Crippen LogP contribution in [0.1, 0.15) is 29.9 Å². The molecule has 98 valence electrons. The fourth-order valence-electron chi connectivity index (χ4n) is 2.41. The van der Waals surface area contributed by atoms with Crippen molar-refractivity contribution in [3.8, 4) is 5.82 Å². The van der Waals surface area contributed by atoms with Gasteiger partial charge in [-0.05, 0) is 32.6 Å². The van der Waals surface area contributed by atoms with Gasteiger partial charge in [-0.15, -0.1) is 0 Å². The quantitative estimate of drug-likeness (QED) is 0.605. The molecule has 7 heteroatoms. The predicted octanol–water partition coefficient (Wildman–Crippen LogP) is 1.76. The Bertz CT molecular complexity index is 650. The van der Waals surface area contributed by atoms with Gasteiger partial charge in [-0.3, -0.25) is 10.1 Å². The number of rotatable bonds is 2. The summed E-state index contributed by atoms with van der Waals surface area (Å²) in [7, 11) is 0. The molecule has 7 nitrogen and oxygen atoms in total. The van der Waals surface area contributed by atoms with Crippen LogP contribution in [-0.4, -0.2) is 24.7 Å². The van der Waals surface area contributed by atoms with Crippen molar-refractivity contribution in [2.75, 3.05) is 0 Å². The van der Waals surface area contributed by atoms with Crippen LogP contribution in [0.25, 0.3) is 5.82 Å². The number of aryl methyl sites for hydroxylation is 2. The van der Waals surface area contributed by atoms with Gasteiger partial charge >= 0.3 is 5.69 Å². The fourth-order valence-corrected chi connectivity index (χ4v) is 2.41. The molecule has 0 aromatic carbocycles. The van der Waals surface area contributed by atoms with Crippen LogP contribution in [0.4, 0.5) is 5.69 Å². The van der Waals surface area contributed by atoms with Gasteiger partial charge in [0.2, 0.25) is 0 Å². The highest BCUT2D eigenvalue weighted by atomic mass is 16.6. The zero-order valence-electron chi connectivity index (χ0n) is 10.5. The second kappa shape index (κ2) is 4.42. The lowest BCUT2D eigenvalue weighted by Crippen LogP contribution is -2.14. The van der Waals surface area contributed by atoms with E-state index in [-0.39, 0.29) is 5.69 Å². The van der Waals surface area contributed by atoms with Crippen LogP contribution in [0.3, 0.4) is 0 Å². The number of fused-ring (bicyclic) bond motifs is 1. The van der Waals surface area contributed by atoms with Crippen molar-refractivity contribution in [3.05, 3.63) is 39.6 Å². The van der Waals surface area contributed by atoms with Crippen molar-refractivity contribution in [3.63, 3.8) is 0 Å².